The van der Waals surface area contributed by atoms with Gasteiger partial charge in [0.05, 0.1) is 38.4 Å². The molecule has 0 atom stereocenters. The van der Waals surface area contributed by atoms with Gasteiger partial charge < -0.3 is 20.4 Å². The van der Waals surface area contributed by atoms with Crippen LogP contribution in [0.4, 0.5) is 5.69 Å². The second-order valence-corrected chi connectivity index (χ2v) is 8.90. The molecule has 0 bridgehead atoms. The lowest BCUT2D eigenvalue weighted by Gasteiger charge is -2.27. The molecule has 0 radical (unpaired) electrons. The van der Waals surface area contributed by atoms with E-state index in [0.29, 0.717) is 17.8 Å². The summed E-state index contributed by atoms with van der Waals surface area (Å²) in [6.45, 7) is 0.0188. The Bertz CT molecular complexity index is 1020. The lowest BCUT2D eigenvalue weighted by atomic mass is 10.2. The van der Waals surface area contributed by atoms with E-state index in [9.17, 15) is 39.0 Å². The first-order chi connectivity index (χ1) is 19.4. The van der Waals surface area contributed by atoms with Crippen LogP contribution in [0.5, 0.6) is 0 Å². The molecule has 1 aromatic rings. The van der Waals surface area contributed by atoms with Gasteiger partial charge in [-0.25, -0.2) is 5.43 Å². The molecule has 0 aliphatic heterocycles. The van der Waals surface area contributed by atoms with Crippen molar-refractivity contribution in [2.75, 3.05) is 70.9 Å². The van der Waals surface area contributed by atoms with Crippen molar-refractivity contribution >= 4 is 41.4 Å². The molecule has 0 fully saturated rings. The molecule has 0 aromatic heterocycles. The van der Waals surface area contributed by atoms with Crippen LogP contribution < -0.4 is 21.7 Å². The van der Waals surface area contributed by atoms with E-state index < -0.39 is 56.0 Å². The molecular weight excluding hydrogens is 546 g/mol. The normalized spacial score (nSPS) is 10.9. The van der Waals surface area contributed by atoms with Crippen molar-refractivity contribution < 1.29 is 49.2 Å². The van der Waals surface area contributed by atoms with E-state index in [-0.39, 0.29) is 38.6 Å². The number of rotatable bonds is 22. The number of hydrogen-bond donors (Lipinski definition) is 8. The summed E-state index contributed by atoms with van der Waals surface area (Å²) < 4.78 is 0. The highest BCUT2D eigenvalue weighted by molar-refractivity contribution is 5.94. The molecule has 17 heteroatoms. The van der Waals surface area contributed by atoms with Crippen LogP contribution in [0, 0.1) is 0 Å². The van der Waals surface area contributed by atoms with Gasteiger partial charge in [0, 0.05) is 38.3 Å². The van der Waals surface area contributed by atoms with E-state index in [1.807, 2.05) is 6.92 Å². The number of carboxylic acids is 4. The second-order valence-electron chi connectivity index (χ2n) is 8.90. The number of aliphatic carboxylic acids is 4. The van der Waals surface area contributed by atoms with Crippen LogP contribution >= 0.6 is 0 Å². The molecule has 0 spiro atoms. The minimum absolute atomic E-state index is 0.00487. The highest BCUT2D eigenvalue weighted by Crippen LogP contribution is 2.08. The van der Waals surface area contributed by atoms with Crippen molar-refractivity contribution in [2.24, 2.45) is 0 Å². The summed E-state index contributed by atoms with van der Waals surface area (Å²) in [5, 5.41) is 36.4. The molecule has 0 saturated heterocycles. The summed E-state index contributed by atoms with van der Waals surface area (Å²) in [6, 6.07) is 6.20. The number of carboxylic acid groups (broad SMARTS) is 4. The number of amides is 2. The van der Waals surface area contributed by atoms with E-state index in [4.69, 9.17) is 10.2 Å². The Labute approximate surface area is 236 Å². The Morgan fingerprint density at radius 3 is 1.54 bits per heavy atom. The van der Waals surface area contributed by atoms with Crippen molar-refractivity contribution in [2.45, 2.75) is 13.3 Å². The smallest absolute Gasteiger partial charge is 0.317 e. The van der Waals surface area contributed by atoms with Gasteiger partial charge in [0.25, 0.3) is 11.8 Å². The maximum Gasteiger partial charge on any atom is 0.317 e. The van der Waals surface area contributed by atoms with Crippen LogP contribution in [0.1, 0.15) is 23.7 Å². The van der Waals surface area contributed by atoms with Crippen LogP contribution in [0.2, 0.25) is 0 Å². The van der Waals surface area contributed by atoms with Crippen molar-refractivity contribution in [1.82, 2.24) is 31.0 Å². The molecule has 0 aliphatic carbocycles. The van der Waals surface area contributed by atoms with Crippen molar-refractivity contribution in [3.8, 4) is 0 Å². The van der Waals surface area contributed by atoms with Gasteiger partial charge in [0.15, 0.2) is 0 Å². The van der Waals surface area contributed by atoms with Crippen molar-refractivity contribution in [1.29, 1.82) is 0 Å². The van der Waals surface area contributed by atoms with Gasteiger partial charge in [-0.1, -0.05) is 6.92 Å². The van der Waals surface area contributed by atoms with E-state index in [1.165, 1.54) is 9.80 Å². The third kappa shape index (κ3) is 16.4. The van der Waals surface area contributed by atoms with Gasteiger partial charge in [-0.05, 0) is 30.7 Å². The number of benzene rings is 1. The number of anilines is 1. The molecule has 2 amide bonds. The third-order valence-corrected chi connectivity index (χ3v) is 5.34. The number of nitrogens with one attached hydrogen (secondary N) is 4. The highest BCUT2D eigenvalue weighted by Gasteiger charge is 2.19. The van der Waals surface area contributed by atoms with E-state index in [2.05, 4.69) is 21.7 Å². The third-order valence-electron chi connectivity index (χ3n) is 5.34. The Balaban J connectivity index is 2.69. The average Bonchev–Trinajstić information content (AvgIpc) is 2.88. The Morgan fingerprint density at radius 2 is 1.07 bits per heavy atom. The lowest BCUT2D eigenvalue weighted by Crippen LogP contribution is -2.47. The molecule has 0 heterocycles. The predicted molar refractivity (Wildman–Crippen MR) is 144 cm³/mol. The van der Waals surface area contributed by atoms with Gasteiger partial charge in [-0.3, -0.25) is 59.7 Å². The molecule has 0 aliphatic rings. The van der Waals surface area contributed by atoms with Crippen LogP contribution in [0.25, 0.3) is 0 Å². The molecule has 228 valence electrons. The molecule has 1 rings (SSSR count). The standard InChI is InChI=1S/C24H37N7O10/c1-2-7-25-28-24(41)17-3-5-18(6-4-17)26-27-19(32)12-30(14-21(35)36)10-8-29(13-20(33)34)9-11-31(15-22(37)38)16-23(39)40/h3-6,25-26H,2,7-16H2,1H3,(H,27,32)(H,28,41)(H,33,34)(H,35,36)(H,37,38)(H,39,40). The monoisotopic (exact) mass is 583 g/mol. The van der Waals surface area contributed by atoms with E-state index >= 15 is 0 Å². The SMILES string of the molecule is CCCNNC(=O)c1ccc(NNC(=O)CN(CCN(CCN(CC(=O)O)CC(=O)O)CC(=O)O)CC(=O)O)cc1. The van der Waals surface area contributed by atoms with E-state index in [0.717, 1.165) is 11.3 Å². The molecular formula is C24H37N7O10. The number of nitrogens with zero attached hydrogens (tertiary/aromatic N) is 3. The molecule has 8 N–H and O–H groups in total. The average molecular weight is 584 g/mol. The largest absolute Gasteiger partial charge is 0.480 e. The minimum Gasteiger partial charge on any atom is -0.480 e. The molecule has 0 saturated carbocycles. The topological polar surface area (TPSA) is 241 Å². The highest BCUT2D eigenvalue weighted by atomic mass is 16.4. The van der Waals surface area contributed by atoms with Gasteiger partial charge in [0.2, 0.25) is 0 Å². The summed E-state index contributed by atoms with van der Waals surface area (Å²) in [5.41, 5.74) is 11.3. The lowest BCUT2D eigenvalue weighted by molar-refractivity contribution is -0.143. The van der Waals surface area contributed by atoms with Crippen LogP contribution in [-0.2, 0) is 24.0 Å². The summed E-state index contributed by atoms with van der Waals surface area (Å²) in [4.78, 5) is 72.9. The Kier molecular flexibility index (Phi) is 16.0. The first kappa shape index (κ1) is 34.7. The fourth-order valence-corrected chi connectivity index (χ4v) is 3.46. The van der Waals surface area contributed by atoms with Crippen molar-refractivity contribution in [3.05, 3.63) is 29.8 Å². The molecule has 0 unspecified atom stereocenters. The zero-order valence-corrected chi connectivity index (χ0v) is 22.7. The van der Waals surface area contributed by atoms with Crippen molar-refractivity contribution in [3.63, 3.8) is 0 Å². The second kappa shape index (κ2) is 18.9. The first-order valence-electron chi connectivity index (χ1n) is 12.6. The number of carbonyl (C=O) groups excluding carboxylic acids is 2. The summed E-state index contributed by atoms with van der Waals surface area (Å²) in [6.07, 6.45) is 0.843. The number of hydrogen-bond acceptors (Lipinski definition) is 11. The van der Waals surface area contributed by atoms with Gasteiger partial charge in [-0.2, -0.15) is 0 Å². The zero-order chi connectivity index (χ0) is 30.8. The quantitative estimate of drug-likeness (QED) is 0.0545. The van der Waals surface area contributed by atoms with Crippen LogP contribution in [-0.4, -0.2) is 136 Å². The Hall–Kier alpha value is -4.32. The zero-order valence-electron chi connectivity index (χ0n) is 22.7. The summed E-state index contributed by atoms with van der Waals surface area (Å²) in [7, 11) is 0. The molecule has 41 heavy (non-hydrogen) atoms. The predicted octanol–water partition coefficient (Wildman–Crippen LogP) is -1.98. The fourth-order valence-electron chi connectivity index (χ4n) is 3.46. The van der Waals surface area contributed by atoms with Crippen LogP contribution in [0.3, 0.4) is 0 Å². The summed E-state index contributed by atoms with van der Waals surface area (Å²) >= 11 is 0. The molecule has 1 aromatic carbocycles. The number of carbonyl (C=O) groups is 6. The first-order valence-corrected chi connectivity index (χ1v) is 12.6. The van der Waals surface area contributed by atoms with Gasteiger partial charge in [-0.15, -0.1) is 0 Å². The van der Waals surface area contributed by atoms with Gasteiger partial charge in [0.1, 0.15) is 0 Å². The Morgan fingerprint density at radius 1 is 0.634 bits per heavy atom. The minimum atomic E-state index is -1.25. The maximum absolute atomic E-state index is 12.5. The summed E-state index contributed by atoms with van der Waals surface area (Å²) in [5.74, 6) is -5.82. The molecule has 17 nitrogen and oxygen atoms in total. The number of hydrazine groups is 2. The van der Waals surface area contributed by atoms with E-state index in [1.54, 1.807) is 24.3 Å². The van der Waals surface area contributed by atoms with Gasteiger partial charge >= 0.3 is 23.9 Å². The fraction of sp³-hybridized carbons (Fsp3) is 0.500. The van der Waals surface area contributed by atoms with Crippen LogP contribution in [0.15, 0.2) is 24.3 Å². The maximum atomic E-state index is 12.5.